The zero-order chi connectivity index (χ0) is 23.3. The van der Waals surface area contributed by atoms with Crippen LogP contribution in [0, 0.1) is 0 Å². The van der Waals surface area contributed by atoms with E-state index in [4.69, 9.17) is 4.74 Å². The molecule has 2 amide bonds. The van der Waals surface area contributed by atoms with Gasteiger partial charge in [0.15, 0.2) is 23.8 Å². The van der Waals surface area contributed by atoms with Crippen LogP contribution in [0.3, 0.4) is 0 Å². The number of nitrogens with one attached hydrogen (secondary N) is 2. The van der Waals surface area contributed by atoms with Crippen LogP contribution in [-0.4, -0.2) is 54.2 Å². The number of nitrogens with zero attached hydrogens (tertiary/aromatic N) is 1. The molecule has 14 heteroatoms. The Hall–Kier alpha value is -3.55. The number of ether oxygens (including phenoxy) is 3. The molecule has 0 unspecified atom stereocenters. The van der Waals surface area contributed by atoms with Crippen LogP contribution < -0.4 is 24.8 Å². The lowest BCUT2D eigenvalue weighted by Crippen LogP contribution is -2.37. The summed E-state index contributed by atoms with van der Waals surface area (Å²) in [5, 5.41) is 17.6. The average Bonchev–Trinajstić information content (AvgIpc) is 3.33. The largest absolute Gasteiger partial charge is 0.586 e. The fourth-order valence-electron chi connectivity index (χ4n) is 2.49. The SMILES string of the molecule is O=C(COc1ccc2c(c1)OC(F)(F)O2)NC[C@@H](O)CCNC(=O)c1cc(C(F)F)no1. The number of halogens is 4. The molecule has 1 aliphatic heterocycles. The van der Waals surface area contributed by atoms with Gasteiger partial charge in [0, 0.05) is 25.2 Å². The Bertz CT molecular complexity index is 970. The molecule has 0 spiro atoms. The van der Waals surface area contributed by atoms with Gasteiger partial charge < -0.3 is 34.5 Å². The van der Waals surface area contributed by atoms with E-state index in [9.17, 15) is 32.3 Å². The first-order valence-electron chi connectivity index (χ1n) is 9.13. The van der Waals surface area contributed by atoms with Gasteiger partial charge in [-0.1, -0.05) is 5.16 Å². The summed E-state index contributed by atoms with van der Waals surface area (Å²) in [7, 11) is 0. The Kier molecular flexibility index (Phi) is 7.02. The van der Waals surface area contributed by atoms with Crippen molar-refractivity contribution in [2.45, 2.75) is 25.2 Å². The monoisotopic (exact) mass is 463 g/mol. The molecule has 174 valence electrons. The molecule has 1 aromatic heterocycles. The maximum atomic E-state index is 13.0. The maximum absolute atomic E-state index is 13.0. The summed E-state index contributed by atoms with van der Waals surface area (Å²) in [6, 6.07) is 4.46. The minimum atomic E-state index is -3.77. The quantitative estimate of drug-likeness (QED) is 0.453. The molecule has 0 saturated heterocycles. The Labute approximate surface area is 177 Å². The second-order valence-electron chi connectivity index (χ2n) is 6.48. The van der Waals surface area contributed by atoms with Crippen LogP contribution in [-0.2, 0) is 4.79 Å². The van der Waals surface area contributed by atoms with Crippen LogP contribution in [0.2, 0.25) is 0 Å². The number of alkyl halides is 4. The van der Waals surface area contributed by atoms with E-state index in [1.165, 1.54) is 12.1 Å². The minimum Gasteiger partial charge on any atom is -0.484 e. The number of aliphatic hydroxyl groups is 1. The van der Waals surface area contributed by atoms with Crippen molar-refractivity contribution in [1.82, 2.24) is 15.8 Å². The third-order valence-corrected chi connectivity index (χ3v) is 4.02. The predicted octanol–water partition coefficient (Wildman–Crippen LogP) is 1.61. The summed E-state index contributed by atoms with van der Waals surface area (Å²) in [4.78, 5) is 23.5. The van der Waals surface area contributed by atoms with Crippen molar-refractivity contribution in [3.05, 3.63) is 35.7 Å². The van der Waals surface area contributed by atoms with Gasteiger partial charge >= 0.3 is 6.29 Å². The zero-order valence-corrected chi connectivity index (χ0v) is 16.1. The number of carbonyl (C=O) groups excluding carboxylic acids is 2. The molecule has 1 atom stereocenters. The highest BCUT2D eigenvalue weighted by Crippen LogP contribution is 2.42. The first kappa shape index (κ1) is 23.1. The van der Waals surface area contributed by atoms with Gasteiger partial charge in [-0.25, -0.2) is 8.78 Å². The highest BCUT2D eigenvalue weighted by atomic mass is 19.3. The molecule has 0 saturated carbocycles. The van der Waals surface area contributed by atoms with Gasteiger partial charge in [0.25, 0.3) is 18.2 Å². The van der Waals surface area contributed by atoms with Crippen LogP contribution in [0.25, 0.3) is 0 Å². The number of aliphatic hydroxyl groups excluding tert-OH is 1. The smallest absolute Gasteiger partial charge is 0.484 e. The molecule has 0 aliphatic carbocycles. The van der Waals surface area contributed by atoms with Crippen LogP contribution in [0.5, 0.6) is 17.2 Å². The van der Waals surface area contributed by atoms with Crippen molar-refractivity contribution >= 4 is 11.8 Å². The number of hydrogen-bond acceptors (Lipinski definition) is 8. The summed E-state index contributed by atoms with van der Waals surface area (Å²) in [5.74, 6) is -2.09. The fraction of sp³-hybridized carbons (Fsp3) is 0.389. The lowest BCUT2D eigenvalue weighted by molar-refractivity contribution is -0.286. The van der Waals surface area contributed by atoms with Crippen molar-refractivity contribution < 1.29 is 51.0 Å². The molecule has 1 aliphatic rings. The number of carbonyl (C=O) groups is 2. The molecular weight excluding hydrogens is 446 g/mol. The lowest BCUT2D eigenvalue weighted by atomic mass is 10.2. The topological polar surface area (TPSA) is 132 Å². The highest BCUT2D eigenvalue weighted by Gasteiger charge is 2.43. The van der Waals surface area contributed by atoms with Crippen molar-refractivity contribution in [3.8, 4) is 17.2 Å². The third-order valence-electron chi connectivity index (χ3n) is 4.02. The Balaban J connectivity index is 1.32. The molecule has 1 aromatic carbocycles. The van der Waals surface area contributed by atoms with Crippen molar-refractivity contribution in [2.75, 3.05) is 19.7 Å². The molecule has 2 aromatic rings. The first-order chi connectivity index (χ1) is 15.1. The molecule has 3 N–H and O–H groups in total. The molecular formula is C18H17F4N3O7. The molecule has 10 nitrogen and oxygen atoms in total. The van der Waals surface area contributed by atoms with Crippen molar-refractivity contribution in [2.24, 2.45) is 0 Å². The van der Waals surface area contributed by atoms with Crippen molar-refractivity contribution in [3.63, 3.8) is 0 Å². The van der Waals surface area contributed by atoms with E-state index in [-0.39, 0.29) is 36.8 Å². The Morgan fingerprint density at radius 3 is 2.62 bits per heavy atom. The normalized spacial score (nSPS) is 14.8. The summed E-state index contributed by atoms with van der Waals surface area (Å²) < 4.78 is 69.0. The summed E-state index contributed by atoms with van der Waals surface area (Å²) in [5.41, 5.74) is -0.668. The van der Waals surface area contributed by atoms with Gasteiger partial charge in [0.1, 0.15) is 5.75 Å². The van der Waals surface area contributed by atoms with E-state index in [2.05, 4.69) is 29.8 Å². The average molecular weight is 463 g/mol. The van der Waals surface area contributed by atoms with E-state index in [0.717, 1.165) is 12.1 Å². The number of hydrogen-bond donors (Lipinski definition) is 3. The Morgan fingerprint density at radius 1 is 1.16 bits per heavy atom. The minimum absolute atomic E-state index is 0.0289. The molecule has 0 radical (unpaired) electrons. The standard InChI is InChI=1S/C18H17F4N3O7/c19-16(20)11-6-14(32-25-11)17(28)23-4-3-9(26)7-24-15(27)8-29-10-1-2-12-13(5-10)31-18(21,22)30-12/h1-2,5-6,9,16,26H,3-4,7-8H2,(H,23,28)(H,24,27)/t9-/m0/s1. The summed E-state index contributed by atoms with van der Waals surface area (Å²) in [6.07, 6.45) is -7.63. The van der Waals surface area contributed by atoms with E-state index >= 15 is 0 Å². The fourth-order valence-corrected chi connectivity index (χ4v) is 2.49. The first-order valence-corrected chi connectivity index (χ1v) is 9.13. The number of fused-ring (bicyclic) bond motifs is 1. The summed E-state index contributed by atoms with van der Waals surface area (Å²) >= 11 is 0. The molecule has 2 heterocycles. The predicted molar refractivity (Wildman–Crippen MR) is 95.6 cm³/mol. The van der Waals surface area contributed by atoms with Gasteiger partial charge in [0.05, 0.1) is 6.10 Å². The third kappa shape index (κ3) is 6.23. The van der Waals surface area contributed by atoms with Crippen LogP contribution in [0.4, 0.5) is 17.6 Å². The highest BCUT2D eigenvalue weighted by molar-refractivity contribution is 5.91. The summed E-state index contributed by atoms with van der Waals surface area (Å²) in [6.45, 7) is -0.653. The van der Waals surface area contributed by atoms with Gasteiger partial charge in [-0.3, -0.25) is 9.59 Å². The number of benzene rings is 1. The van der Waals surface area contributed by atoms with Crippen LogP contribution in [0.15, 0.2) is 28.8 Å². The molecule has 0 bridgehead atoms. The molecule has 32 heavy (non-hydrogen) atoms. The van der Waals surface area contributed by atoms with E-state index in [1.54, 1.807) is 0 Å². The van der Waals surface area contributed by atoms with Gasteiger partial charge in [-0.2, -0.15) is 0 Å². The zero-order valence-electron chi connectivity index (χ0n) is 16.1. The molecule has 0 fully saturated rings. The van der Waals surface area contributed by atoms with Gasteiger partial charge in [-0.15, -0.1) is 8.78 Å². The van der Waals surface area contributed by atoms with Gasteiger partial charge in [-0.05, 0) is 18.6 Å². The number of aromatic nitrogens is 1. The van der Waals surface area contributed by atoms with E-state index < -0.39 is 48.7 Å². The van der Waals surface area contributed by atoms with Crippen molar-refractivity contribution in [1.29, 1.82) is 0 Å². The lowest BCUT2D eigenvalue weighted by Gasteiger charge is -2.12. The maximum Gasteiger partial charge on any atom is 0.586 e. The van der Waals surface area contributed by atoms with Crippen LogP contribution in [0.1, 0.15) is 29.1 Å². The second kappa shape index (κ2) is 9.72. The Morgan fingerprint density at radius 2 is 1.91 bits per heavy atom. The van der Waals surface area contributed by atoms with Gasteiger partial charge in [0.2, 0.25) is 5.76 Å². The number of rotatable bonds is 10. The second-order valence-corrected chi connectivity index (χ2v) is 6.48. The van der Waals surface area contributed by atoms with E-state index in [1.807, 2.05) is 0 Å². The van der Waals surface area contributed by atoms with E-state index in [0.29, 0.717) is 0 Å². The number of amides is 2. The van der Waals surface area contributed by atoms with Crippen LogP contribution >= 0.6 is 0 Å². The molecule has 3 rings (SSSR count).